The van der Waals surface area contributed by atoms with E-state index in [4.69, 9.17) is 22.2 Å². The average Bonchev–Trinajstić information content (AvgIpc) is 3.62. The molecule has 3 amide bonds. The number of rotatable bonds is 11. The van der Waals surface area contributed by atoms with Gasteiger partial charge in [-0.25, -0.2) is 4.98 Å². The van der Waals surface area contributed by atoms with Crippen LogP contribution in [0.2, 0.25) is 0 Å². The van der Waals surface area contributed by atoms with Gasteiger partial charge in [0.1, 0.15) is 17.4 Å². The Morgan fingerprint density at radius 2 is 1.80 bits per heavy atom. The summed E-state index contributed by atoms with van der Waals surface area (Å²) in [6.07, 6.45) is 0.159. The van der Waals surface area contributed by atoms with E-state index >= 15 is 0 Å². The van der Waals surface area contributed by atoms with Gasteiger partial charge in [-0.3, -0.25) is 38.6 Å². The molecule has 2 atom stereocenters. The van der Waals surface area contributed by atoms with Crippen molar-refractivity contribution in [2.24, 2.45) is 7.05 Å². The van der Waals surface area contributed by atoms with Crippen molar-refractivity contribution >= 4 is 68.9 Å². The predicted octanol–water partition coefficient (Wildman–Crippen LogP) is 5.02. The van der Waals surface area contributed by atoms with Crippen molar-refractivity contribution in [1.82, 2.24) is 29.5 Å². The van der Waals surface area contributed by atoms with Gasteiger partial charge in [0.2, 0.25) is 11.8 Å². The first kappa shape index (κ1) is 44.0. The summed E-state index contributed by atoms with van der Waals surface area (Å²) in [5.74, 6) is -0.468. The third-order valence-electron chi connectivity index (χ3n) is 12.4. The standard InChI is InChI=1S/C42H51F3N10O5S/c1-25-22-51(23-26(2)53(25)24-35(57)48-33-9-6-8-31-37(33)50(5)49-38(31)52-16-14-29(56)19-36(52)58)15-7-17-60-30-12-10-27(11-13-30)55-40(61)54(39(59)41(55,3)4)28-18-32(42(43,44)45)34(20-46)47-21-28/h6,8-9,18,21,25-27,30H,7,10-17,19,22-24H2,1-5H3,(H,48,57)/t25-,26+,27?,30?. The molecule has 3 aromatic rings. The fourth-order valence-electron chi connectivity index (χ4n) is 9.41. The van der Waals surface area contributed by atoms with Gasteiger partial charge in [0.05, 0.1) is 47.7 Å². The number of Topliss-reactive ketones (excluding diaryl/α,β-unsaturated/α-hetero) is 1. The highest BCUT2D eigenvalue weighted by Gasteiger charge is 2.53. The van der Waals surface area contributed by atoms with Crippen LogP contribution in [-0.2, 0) is 37.1 Å². The van der Waals surface area contributed by atoms with E-state index in [-0.39, 0.29) is 78.6 Å². The number of piperidine rings is 1. The summed E-state index contributed by atoms with van der Waals surface area (Å²) in [5.41, 5.74) is -1.90. The number of ketones is 1. The quantitative estimate of drug-likeness (QED) is 0.156. The molecular weight excluding hydrogens is 814 g/mol. The number of nitrogens with one attached hydrogen (secondary N) is 1. The Balaban J connectivity index is 0.861. The highest BCUT2D eigenvalue weighted by molar-refractivity contribution is 7.80. The van der Waals surface area contributed by atoms with Crippen LogP contribution in [0.4, 0.5) is 30.4 Å². The minimum absolute atomic E-state index is 0.0364. The van der Waals surface area contributed by atoms with Gasteiger partial charge in [-0.05, 0) is 90.2 Å². The largest absolute Gasteiger partial charge is 0.419 e. The molecule has 4 aliphatic rings. The van der Waals surface area contributed by atoms with Crippen molar-refractivity contribution in [3.63, 3.8) is 0 Å². The zero-order chi connectivity index (χ0) is 44.0. The number of aryl methyl sites for hydroxylation is 1. The molecule has 0 spiro atoms. The summed E-state index contributed by atoms with van der Waals surface area (Å²) < 4.78 is 49.1. The zero-order valence-electron chi connectivity index (χ0n) is 35.0. The van der Waals surface area contributed by atoms with Gasteiger partial charge >= 0.3 is 6.18 Å². The van der Waals surface area contributed by atoms with E-state index in [1.165, 1.54) is 6.07 Å². The van der Waals surface area contributed by atoms with E-state index in [9.17, 15) is 32.3 Å². The van der Waals surface area contributed by atoms with Gasteiger partial charge in [-0.2, -0.15) is 23.5 Å². The number of anilines is 3. The molecule has 15 nitrogen and oxygen atoms in total. The second-order valence-electron chi connectivity index (χ2n) is 17.0. The number of pyridine rings is 1. The third kappa shape index (κ3) is 8.86. The number of alkyl halides is 3. The van der Waals surface area contributed by atoms with Gasteiger partial charge in [0.25, 0.3) is 5.91 Å². The van der Waals surface area contributed by atoms with E-state index in [2.05, 4.69) is 39.0 Å². The van der Waals surface area contributed by atoms with Crippen LogP contribution in [-0.4, -0.2) is 127 Å². The smallest absolute Gasteiger partial charge is 0.378 e. The maximum absolute atomic E-state index is 13.7. The first-order chi connectivity index (χ1) is 28.9. The maximum Gasteiger partial charge on any atom is 0.419 e. The number of benzene rings is 1. The number of carbonyl (C=O) groups excluding carboxylic acids is 4. The van der Waals surface area contributed by atoms with Gasteiger partial charge < -0.3 is 19.9 Å². The molecule has 0 bridgehead atoms. The lowest BCUT2D eigenvalue weighted by Crippen LogP contribution is -2.58. The second-order valence-corrected chi connectivity index (χ2v) is 17.4. The van der Waals surface area contributed by atoms with Crippen molar-refractivity contribution in [3.8, 4) is 6.07 Å². The number of aromatic nitrogens is 3. The summed E-state index contributed by atoms with van der Waals surface area (Å²) in [6.45, 7) is 11.2. The number of amides is 3. The lowest BCUT2D eigenvalue weighted by atomic mass is 9.89. The van der Waals surface area contributed by atoms with Crippen molar-refractivity contribution in [1.29, 1.82) is 5.26 Å². The molecule has 61 heavy (non-hydrogen) atoms. The summed E-state index contributed by atoms with van der Waals surface area (Å²) in [4.78, 5) is 64.3. The van der Waals surface area contributed by atoms with Gasteiger partial charge in [-0.15, -0.1) is 0 Å². The van der Waals surface area contributed by atoms with Crippen LogP contribution >= 0.6 is 12.2 Å². The molecule has 326 valence electrons. The van der Waals surface area contributed by atoms with E-state index in [1.807, 2.05) is 23.1 Å². The molecule has 1 saturated carbocycles. The Morgan fingerprint density at radius 3 is 2.46 bits per heavy atom. The van der Waals surface area contributed by atoms with Gasteiger partial charge in [0, 0.05) is 69.8 Å². The lowest BCUT2D eigenvalue weighted by Gasteiger charge is -2.44. The molecule has 0 unspecified atom stereocenters. The molecule has 7 rings (SSSR count). The molecule has 1 aliphatic carbocycles. The number of hydrogen-bond acceptors (Lipinski definition) is 11. The Kier molecular flexibility index (Phi) is 12.6. The number of hydrogen-bond donors (Lipinski definition) is 1. The average molecular weight is 865 g/mol. The first-order valence-corrected chi connectivity index (χ1v) is 21.1. The van der Waals surface area contributed by atoms with E-state index in [1.54, 1.807) is 30.5 Å². The highest BCUT2D eigenvalue weighted by atomic mass is 32.1. The van der Waals surface area contributed by atoms with Crippen LogP contribution in [0.5, 0.6) is 0 Å². The summed E-state index contributed by atoms with van der Waals surface area (Å²) in [7, 11) is 1.77. The molecule has 1 N–H and O–H groups in total. The molecule has 3 aliphatic heterocycles. The fraction of sp³-hybridized carbons (Fsp3) is 0.571. The third-order valence-corrected chi connectivity index (χ3v) is 12.8. The number of halogens is 3. The number of carbonyl (C=O) groups is 4. The minimum atomic E-state index is -4.83. The molecule has 0 radical (unpaired) electrons. The van der Waals surface area contributed by atoms with E-state index < -0.39 is 28.9 Å². The van der Waals surface area contributed by atoms with Crippen LogP contribution in [0, 0.1) is 11.3 Å². The highest BCUT2D eigenvalue weighted by Crippen LogP contribution is 2.40. The topological polar surface area (TPSA) is 160 Å². The number of nitriles is 1. The zero-order valence-corrected chi connectivity index (χ0v) is 35.8. The second kappa shape index (κ2) is 17.4. The number of piperazine rings is 1. The van der Waals surface area contributed by atoms with Crippen LogP contribution in [0.3, 0.4) is 0 Å². The molecule has 5 heterocycles. The fourth-order valence-corrected chi connectivity index (χ4v) is 9.98. The molecule has 2 aromatic heterocycles. The summed E-state index contributed by atoms with van der Waals surface area (Å²) in [6, 6.07) is 7.89. The van der Waals surface area contributed by atoms with Gasteiger partial charge in [0.15, 0.2) is 16.6 Å². The Labute approximate surface area is 357 Å². The minimum Gasteiger partial charge on any atom is -0.378 e. The van der Waals surface area contributed by atoms with Crippen molar-refractivity contribution in [2.75, 3.05) is 54.4 Å². The molecule has 3 saturated heterocycles. The van der Waals surface area contributed by atoms with E-state index in [0.717, 1.165) is 61.4 Å². The molecule has 19 heteroatoms. The lowest BCUT2D eigenvalue weighted by molar-refractivity contribution is -0.138. The molecule has 4 fully saturated rings. The van der Waals surface area contributed by atoms with Crippen molar-refractivity contribution in [3.05, 3.63) is 41.7 Å². The van der Waals surface area contributed by atoms with Crippen molar-refractivity contribution in [2.45, 2.75) is 109 Å². The van der Waals surface area contributed by atoms with Gasteiger partial charge in [-0.1, -0.05) is 6.07 Å². The van der Waals surface area contributed by atoms with Crippen LogP contribution in [0.1, 0.15) is 83.9 Å². The Bertz CT molecular complexity index is 2260. The predicted molar refractivity (Wildman–Crippen MR) is 225 cm³/mol. The molecular formula is C42H51F3N10O5S. The van der Waals surface area contributed by atoms with E-state index in [0.29, 0.717) is 36.5 Å². The number of fused-ring (bicyclic) bond motifs is 1. The first-order valence-electron chi connectivity index (χ1n) is 20.7. The monoisotopic (exact) mass is 864 g/mol. The van der Waals surface area contributed by atoms with Crippen LogP contribution in [0.15, 0.2) is 30.5 Å². The maximum atomic E-state index is 13.7. The number of thiocarbonyl (C=S) groups is 1. The molecule has 1 aromatic carbocycles. The Hall–Kier alpha value is -5.03. The summed E-state index contributed by atoms with van der Waals surface area (Å²) >= 11 is 5.72. The SMILES string of the molecule is C[C@@H]1CN(CCCOC2CCC(N3C(=S)N(c4cnc(C#N)c(C(F)(F)F)c4)C(=O)C3(C)C)CC2)C[C@H](C)N1CC(=O)Nc1cccc2c(N3CCC(=O)CC3=O)nn(C)c12. The summed E-state index contributed by atoms with van der Waals surface area (Å²) in [5, 5.41) is 17.7. The van der Waals surface area contributed by atoms with Crippen molar-refractivity contribution < 1.29 is 37.1 Å². The number of nitrogens with zero attached hydrogens (tertiary/aromatic N) is 9. The number of ether oxygens (including phenoxy) is 1. The van der Waals surface area contributed by atoms with Crippen LogP contribution < -0.4 is 15.1 Å². The normalized spacial score (nSPS) is 24.2. The Morgan fingerprint density at radius 1 is 1.10 bits per heavy atom. The number of para-hydroxylation sites is 1. The van der Waals surface area contributed by atoms with Crippen LogP contribution in [0.25, 0.3) is 10.9 Å².